The van der Waals surface area contributed by atoms with Crippen LogP contribution in [-0.2, 0) is 14.8 Å². The highest BCUT2D eigenvalue weighted by Gasteiger charge is 2.30. The molecule has 2 aromatic carbocycles. The third-order valence-corrected chi connectivity index (χ3v) is 6.39. The highest BCUT2D eigenvalue weighted by molar-refractivity contribution is 7.89. The van der Waals surface area contributed by atoms with Gasteiger partial charge in [0.25, 0.3) is 0 Å². The Balaban J connectivity index is 1.58. The van der Waals surface area contributed by atoms with Gasteiger partial charge in [0.2, 0.25) is 15.9 Å². The lowest BCUT2D eigenvalue weighted by Crippen LogP contribution is -2.51. The van der Waals surface area contributed by atoms with Crippen LogP contribution in [-0.4, -0.2) is 56.3 Å². The number of piperazine rings is 1. The topological polar surface area (TPSA) is 69.7 Å². The summed E-state index contributed by atoms with van der Waals surface area (Å²) in [7, 11) is -3.89. The van der Waals surface area contributed by atoms with Crippen LogP contribution in [0.3, 0.4) is 0 Å². The monoisotopic (exact) mass is 431 g/mol. The Morgan fingerprint density at radius 2 is 1.66 bits per heavy atom. The maximum Gasteiger partial charge on any atom is 0.243 e. The van der Waals surface area contributed by atoms with Gasteiger partial charge >= 0.3 is 0 Å². The molecule has 1 amide bonds. The molecule has 0 bridgehead atoms. The van der Waals surface area contributed by atoms with Crippen molar-refractivity contribution in [2.75, 3.05) is 38.0 Å². The fraction of sp³-hybridized carbons (Fsp3) is 0.278. The van der Waals surface area contributed by atoms with E-state index in [9.17, 15) is 30.8 Å². The van der Waals surface area contributed by atoms with Crippen LogP contribution >= 0.6 is 0 Å². The van der Waals surface area contributed by atoms with E-state index in [1.165, 1.54) is 17.0 Å². The molecule has 0 radical (unpaired) electrons. The molecule has 1 heterocycles. The molecule has 1 aliphatic rings. The van der Waals surface area contributed by atoms with Crippen LogP contribution in [0.5, 0.6) is 0 Å². The van der Waals surface area contributed by atoms with Crippen molar-refractivity contribution in [1.29, 1.82) is 0 Å². The van der Waals surface area contributed by atoms with E-state index in [0.29, 0.717) is 0 Å². The van der Waals surface area contributed by atoms with Gasteiger partial charge in [0, 0.05) is 26.2 Å². The van der Waals surface area contributed by atoms with Crippen molar-refractivity contribution >= 4 is 21.6 Å². The summed E-state index contributed by atoms with van der Waals surface area (Å²) in [5.74, 6) is -5.54. The van der Waals surface area contributed by atoms with E-state index in [0.717, 1.165) is 28.6 Å². The molecule has 11 heteroatoms. The second kappa shape index (κ2) is 8.37. The first-order chi connectivity index (χ1) is 13.7. The standard InChI is InChI=1S/C18H17F4N3O3S/c19-12-2-1-3-13(10-12)29(27,28)25-8-6-24(7-9-25)16(26)11-23-15-5-4-14(20)17(21)18(15)22/h1-5,10,23H,6-9,11H2. The zero-order valence-electron chi connectivity index (χ0n) is 15.0. The molecule has 1 saturated heterocycles. The summed E-state index contributed by atoms with van der Waals surface area (Å²) in [6, 6.07) is 6.36. The van der Waals surface area contributed by atoms with Gasteiger partial charge < -0.3 is 10.2 Å². The number of halogens is 4. The first-order valence-electron chi connectivity index (χ1n) is 8.61. The van der Waals surface area contributed by atoms with E-state index < -0.39 is 39.2 Å². The molecule has 0 unspecified atom stereocenters. The molecule has 1 N–H and O–H groups in total. The van der Waals surface area contributed by atoms with Crippen molar-refractivity contribution in [1.82, 2.24) is 9.21 Å². The van der Waals surface area contributed by atoms with Gasteiger partial charge in [0.05, 0.1) is 17.1 Å². The summed E-state index contributed by atoms with van der Waals surface area (Å²) in [5, 5.41) is 2.41. The Morgan fingerprint density at radius 3 is 2.31 bits per heavy atom. The molecule has 0 spiro atoms. The quantitative estimate of drug-likeness (QED) is 0.582. The number of rotatable bonds is 5. The van der Waals surface area contributed by atoms with Crippen molar-refractivity contribution in [3.63, 3.8) is 0 Å². The molecule has 3 rings (SSSR count). The van der Waals surface area contributed by atoms with Crippen molar-refractivity contribution in [3.05, 3.63) is 59.7 Å². The van der Waals surface area contributed by atoms with Crippen molar-refractivity contribution < 1.29 is 30.8 Å². The Kier molecular flexibility index (Phi) is 6.08. The number of hydrogen-bond donors (Lipinski definition) is 1. The molecule has 0 aromatic heterocycles. The van der Waals surface area contributed by atoms with E-state index in [2.05, 4.69) is 5.32 Å². The average molecular weight is 431 g/mol. The summed E-state index contributed by atoms with van der Waals surface area (Å²) in [6.07, 6.45) is 0. The van der Waals surface area contributed by atoms with Crippen LogP contribution in [0.25, 0.3) is 0 Å². The Hall–Kier alpha value is -2.66. The van der Waals surface area contributed by atoms with Crippen LogP contribution in [0.4, 0.5) is 23.2 Å². The van der Waals surface area contributed by atoms with Gasteiger partial charge in [-0.1, -0.05) is 6.07 Å². The van der Waals surface area contributed by atoms with E-state index in [1.807, 2.05) is 0 Å². The van der Waals surface area contributed by atoms with E-state index in [1.54, 1.807) is 0 Å². The minimum atomic E-state index is -3.89. The number of amides is 1. The number of anilines is 1. The third-order valence-electron chi connectivity index (χ3n) is 4.49. The van der Waals surface area contributed by atoms with Crippen LogP contribution in [0.1, 0.15) is 0 Å². The fourth-order valence-corrected chi connectivity index (χ4v) is 4.35. The Morgan fingerprint density at radius 1 is 0.966 bits per heavy atom. The fourth-order valence-electron chi connectivity index (χ4n) is 2.90. The van der Waals surface area contributed by atoms with Crippen LogP contribution < -0.4 is 5.32 Å². The zero-order valence-corrected chi connectivity index (χ0v) is 15.9. The molecule has 0 aliphatic carbocycles. The number of nitrogens with one attached hydrogen (secondary N) is 1. The zero-order chi connectivity index (χ0) is 21.2. The highest BCUT2D eigenvalue weighted by Crippen LogP contribution is 2.20. The van der Waals surface area contributed by atoms with Crippen molar-refractivity contribution in [2.45, 2.75) is 4.90 Å². The molecule has 156 valence electrons. The second-order valence-electron chi connectivity index (χ2n) is 6.32. The first kappa shape index (κ1) is 21.1. The molecule has 2 aromatic rings. The lowest BCUT2D eigenvalue weighted by atomic mass is 10.2. The van der Waals surface area contributed by atoms with Gasteiger partial charge in [-0.2, -0.15) is 4.31 Å². The number of nitrogens with zero attached hydrogens (tertiary/aromatic N) is 2. The third kappa shape index (κ3) is 4.51. The predicted molar refractivity (Wildman–Crippen MR) is 96.5 cm³/mol. The summed E-state index contributed by atoms with van der Waals surface area (Å²) < 4.78 is 79.4. The SMILES string of the molecule is O=C(CNc1ccc(F)c(F)c1F)N1CCN(S(=O)(=O)c2cccc(F)c2)CC1. The molecule has 1 fully saturated rings. The van der Waals surface area contributed by atoms with Gasteiger partial charge in [0.1, 0.15) is 5.82 Å². The number of hydrogen-bond acceptors (Lipinski definition) is 4. The lowest BCUT2D eigenvalue weighted by molar-refractivity contribution is -0.130. The molecule has 0 atom stereocenters. The molecule has 0 saturated carbocycles. The molecule has 1 aliphatic heterocycles. The van der Waals surface area contributed by atoms with E-state index in [4.69, 9.17) is 0 Å². The van der Waals surface area contributed by atoms with Gasteiger partial charge in [0.15, 0.2) is 17.5 Å². The second-order valence-corrected chi connectivity index (χ2v) is 8.26. The van der Waals surface area contributed by atoms with Crippen LogP contribution in [0, 0.1) is 23.3 Å². The van der Waals surface area contributed by atoms with Gasteiger partial charge in [-0.3, -0.25) is 4.79 Å². The maximum atomic E-state index is 13.6. The summed E-state index contributed by atoms with van der Waals surface area (Å²) in [4.78, 5) is 13.5. The van der Waals surface area contributed by atoms with Crippen molar-refractivity contribution in [3.8, 4) is 0 Å². The molecule has 29 heavy (non-hydrogen) atoms. The molecule has 6 nitrogen and oxygen atoms in total. The van der Waals surface area contributed by atoms with Gasteiger partial charge in [-0.15, -0.1) is 0 Å². The minimum absolute atomic E-state index is 0.00409. The Labute approximate surface area is 164 Å². The number of sulfonamides is 1. The van der Waals surface area contributed by atoms with Crippen LogP contribution in [0.15, 0.2) is 41.3 Å². The Bertz CT molecular complexity index is 1030. The number of benzene rings is 2. The lowest BCUT2D eigenvalue weighted by Gasteiger charge is -2.34. The van der Waals surface area contributed by atoms with Crippen molar-refractivity contribution in [2.24, 2.45) is 0 Å². The number of carbonyl (C=O) groups is 1. The molecular formula is C18H17F4N3O3S. The smallest absolute Gasteiger partial charge is 0.243 e. The summed E-state index contributed by atoms with van der Waals surface area (Å²) in [5.41, 5.74) is -0.357. The summed E-state index contributed by atoms with van der Waals surface area (Å²) >= 11 is 0. The maximum absolute atomic E-state index is 13.6. The predicted octanol–water partition coefficient (Wildman–Crippen LogP) is 2.19. The minimum Gasteiger partial charge on any atom is -0.374 e. The van der Waals surface area contributed by atoms with Crippen LogP contribution in [0.2, 0.25) is 0 Å². The average Bonchev–Trinajstić information content (AvgIpc) is 2.71. The first-order valence-corrected chi connectivity index (χ1v) is 10.0. The van der Waals surface area contributed by atoms with E-state index >= 15 is 0 Å². The summed E-state index contributed by atoms with van der Waals surface area (Å²) in [6.45, 7) is -0.211. The highest BCUT2D eigenvalue weighted by atomic mass is 32.2. The largest absolute Gasteiger partial charge is 0.374 e. The van der Waals surface area contributed by atoms with E-state index in [-0.39, 0.29) is 43.3 Å². The normalized spacial score (nSPS) is 15.4. The van der Waals surface area contributed by atoms with Gasteiger partial charge in [-0.25, -0.2) is 26.0 Å². The molecular weight excluding hydrogens is 414 g/mol. The van der Waals surface area contributed by atoms with Gasteiger partial charge in [-0.05, 0) is 30.3 Å². The number of carbonyl (C=O) groups excluding carboxylic acids is 1.